The van der Waals surface area contributed by atoms with Crippen molar-refractivity contribution >= 4 is 46.1 Å². The fraction of sp³-hybridized carbons (Fsp3) is 0.500. The highest BCUT2D eigenvalue weighted by Gasteiger charge is 2.40. The number of Topliss-reactive ketones (excluding diaryl/α,β-unsaturated/α-hetero) is 1. The van der Waals surface area contributed by atoms with Gasteiger partial charge in [0, 0.05) is 26.1 Å². The van der Waals surface area contributed by atoms with Crippen LogP contribution < -0.4 is 10.6 Å². The average molecular weight is 541 g/mol. The van der Waals surface area contributed by atoms with E-state index < -0.39 is 30.1 Å². The first-order valence-corrected chi connectivity index (χ1v) is 14.6. The third kappa shape index (κ3) is 6.92. The van der Waals surface area contributed by atoms with E-state index in [0.29, 0.717) is 31.6 Å². The van der Waals surface area contributed by atoms with Crippen LogP contribution in [0.25, 0.3) is 10.8 Å². The van der Waals surface area contributed by atoms with Crippen molar-refractivity contribution in [3.8, 4) is 0 Å². The minimum Gasteiger partial charge on any atom is -0.480 e. The number of fused-ring (bicyclic) bond motifs is 1. The van der Waals surface area contributed by atoms with Crippen LogP contribution in [-0.2, 0) is 25.7 Å². The van der Waals surface area contributed by atoms with Crippen molar-refractivity contribution in [2.75, 3.05) is 31.6 Å². The molecule has 10 heteroatoms. The number of ketones is 1. The van der Waals surface area contributed by atoms with Gasteiger partial charge in [-0.3, -0.25) is 24.2 Å². The maximum Gasteiger partial charge on any atom is 0.326 e. The summed E-state index contributed by atoms with van der Waals surface area (Å²) in [5, 5.41) is 17.2. The highest BCUT2D eigenvalue weighted by atomic mass is 32.2. The number of nitrogens with zero attached hydrogens (tertiary/aromatic N) is 2. The van der Waals surface area contributed by atoms with Gasteiger partial charge in [-0.1, -0.05) is 42.5 Å². The molecule has 2 fully saturated rings. The maximum absolute atomic E-state index is 13.9. The predicted octanol–water partition coefficient (Wildman–Crippen LogP) is 2.23. The molecule has 2 aromatic rings. The lowest BCUT2D eigenvalue weighted by Crippen LogP contribution is -2.58. The van der Waals surface area contributed by atoms with Crippen LogP contribution in [0.5, 0.6) is 0 Å². The summed E-state index contributed by atoms with van der Waals surface area (Å²) in [6, 6.07) is 12.4. The van der Waals surface area contributed by atoms with Gasteiger partial charge >= 0.3 is 5.97 Å². The molecule has 0 aromatic heterocycles. The molecule has 0 spiro atoms. The topological polar surface area (TPSA) is 119 Å². The number of hydrogen-bond donors (Lipinski definition) is 3. The van der Waals surface area contributed by atoms with E-state index >= 15 is 0 Å². The van der Waals surface area contributed by atoms with Crippen LogP contribution in [0.15, 0.2) is 42.5 Å². The van der Waals surface area contributed by atoms with Crippen molar-refractivity contribution in [3.63, 3.8) is 0 Å². The van der Waals surface area contributed by atoms with Gasteiger partial charge in [-0.2, -0.15) is 11.8 Å². The van der Waals surface area contributed by atoms with Crippen LogP contribution in [0.4, 0.5) is 0 Å². The molecule has 0 saturated carbocycles. The standard InChI is InChI=1S/C28H36N4O5S/c1-38-16-13-23(28(36)37)30-25(34)18-32(17-20-9-6-8-19-7-2-3-10-21(19)20)27(31-14-4-5-15-31)26(35)22-11-12-24(33)29-22/h2-3,6-10,22-23,27H,4-5,11-18H2,1H3,(H,29,33)(H,30,34)(H,36,37)/t22-,23-,27-/m0/s1. The Morgan fingerprint density at radius 2 is 1.89 bits per heavy atom. The molecule has 2 heterocycles. The lowest BCUT2D eigenvalue weighted by atomic mass is 10.0. The number of amides is 2. The van der Waals surface area contributed by atoms with E-state index in [1.165, 1.54) is 11.8 Å². The summed E-state index contributed by atoms with van der Waals surface area (Å²) in [7, 11) is 0. The second-order valence-electron chi connectivity index (χ2n) is 9.96. The smallest absolute Gasteiger partial charge is 0.326 e. The van der Waals surface area contributed by atoms with Gasteiger partial charge < -0.3 is 15.7 Å². The van der Waals surface area contributed by atoms with Gasteiger partial charge in [0.15, 0.2) is 5.78 Å². The normalized spacial score (nSPS) is 19.4. The van der Waals surface area contributed by atoms with E-state index in [1.807, 2.05) is 53.6 Å². The van der Waals surface area contributed by atoms with Crippen molar-refractivity contribution in [3.05, 3.63) is 48.0 Å². The monoisotopic (exact) mass is 540 g/mol. The lowest BCUT2D eigenvalue weighted by molar-refractivity contribution is -0.143. The van der Waals surface area contributed by atoms with Crippen LogP contribution in [0.1, 0.15) is 37.7 Å². The molecule has 4 rings (SSSR count). The molecule has 2 aliphatic rings. The van der Waals surface area contributed by atoms with E-state index in [0.717, 1.165) is 42.3 Å². The van der Waals surface area contributed by atoms with Crippen molar-refractivity contribution in [1.82, 2.24) is 20.4 Å². The Morgan fingerprint density at radius 1 is 1.16 bits per heavy atom. The van der Waals surface area contributed by atoms with Gasteiger partial charge in [0.25, 0.3) is 0 Å². The quantitative estimate of drug-likeness (QED) is 0.354. The van der Waals surface area contributed by atoms with E-state index in [4.69, 9.17) is 0 Å². The summed E-state index contributed by atoms with van der Waals surface area (Å²) >= 11 is 1.52. The SMILES string of the molecule is CSCC[C@H](NC(=O)CN(Cc1cccc2ccccc12)[C@@H](C(=O)[C@@H]1CCC(=O)N1)N1CCCC1)C(=O)O. The van der Waals surface area contributed by atoms with Gasteiger partial charge in [0.1, 0.15) is 12.2 Å². The molecule has 3 atom stereocenters. The molecule has 3 N–H and O–H groups in total. The Morgan fingerprint density at radius 3 is 2.58 bits per heavy atom. The van der Waals surface area contributed by atoms with Crippen molar-refractivity contribution in [2.24, 2.45) is 0 Å². The van der Waals surface area contributed by atoms with E-state index in [9.17, 15) is 24.3 Å². The number of nitrogens with one attached hydrogen (secondary N) is 2. The van der Waals surface area contributed by atoms with Gasteiger partial charge in [-0.15, -0.1) is 0 Å². The van der Waals surface area contributed by atoms with Gasteiger partial charge in [0.2, 0.25) is 11.8 Å². The van der Waals surface area contributed by atoms with Gasteiger partial charge in [-0.25, -0.2) is 4.79 Å². The van der Waals surface area contributed by atoms with Crippen molar-refractivity contribution in [1.29, 1.82) is 0 Å². The zero-order chi connectivity index (χ0) is 27.1. The lowest BCUT2D eigenvalue weighted by Gasteiger charge is -2.38. The highest BCUT2D eigenvalue weighted by molar-refractivity contribution is 7.98. The molecule has 2 aromatic carbocycles. The first-order chi connectivity index (χ1) is 18.4. The summed E-state index contributed by atoms with van der Waals surface area (Å²) in [5.74, 6) is -1.17. The van der Waals surface area contributed by atoms with Crippen molar-refractivity contribution < 1.29 is 24.3 Å². The summed E-state index contributed by atoms with van der Waals surface area (Å²) < 4.78 is 0. The summed E-state index contributed by atoms with van der Waals surface area (Å²) in [6.45, 7) is 1.62. The van der Waals surface area contributed by atoms with E-state index in [1.54, 1.807) is 0 Å². The number of thioether (sulfide) groups is 1. The number of carboxylic acid groups (broad SMARTS) is 1. The highest BCUT2D eigenvalue weighted by Crippen LogP contribution is 2.25. The van der Waals surface area contributed by atoms with E-state index in [2.05, 4.69) is 15.5 Å². The molecule has 0 radical (unpaired) electrons. The minimum absolute atomic E-state index is 0.122. The molecule has 38 heavy (non-hydrogen) atoms. The fourth-order valence-corrected chi connectivity index (χ4v) is 5.85. The predicted molar refractivity (Wildman–Crippen MR) is 148 cm³/mol. The largest absolute Gasteiger partial charge is 0.480 e. The number of carboxylic acids is 1. The summed E-state index contributed by atoms with van der Waals surface area (Å²) in [6.07, 6.45) is 4.14. The Hall–Kier alpha value is -2.95. The first-order valence-electron chi connectivity index (χ1n) is 13.2. The Bertz CT molecular complexity index is 1160. The summed E-state index contributed by atoms with van der Waals surface area (Å²) in [5.41, 5.74) is 0.973. The number of likely N-dealkylation sites (tertiary alicyclic amines) is 1. The molecular formula is C28H36N4O5S. The summed E-state index contributed by atoms with van der Waals surface area (Å²) in [4.78, 5) is 54.8. The Balaban J connectivity index is 1.65. The first kappa shape index (κ1) is 28.1. The maximum atomic E-state index is 13.9. The minimum atomic E-state index is -1.08. The van der Waals surface area contributed by atoms with Crippen molar-refractivity contribution in [2.45, 2.75) is 56.9 Å². The molecular weight excluding hydrogens is 504 g/mol. The second kappa shape index (κ2) is 13.2. The number of aliphatic carboxylic acids is 1. The fourth-order valence-electron chi connectivity index (χ4n) is 5.38. The molecule has 0 bridgehead atoms. The van der Waals surface area contributed by atoms with Crippen LogP contribution >= 0.6 is 11.8 Å². The second-order valence-corrected chi connectivity index (χ2v) is 10.9. The molecule has 0 unspecified atom stereocenters. The van der Waals surface area contributed by atoms with Crippen LogP contribution in [0.2, 0.25) is 0 Å². The molecule has 2 saturated heterocycles. The molecule has 9 nitrogen and oxygen atoms in total. The third-order valence-electron chi connectivity index (χ3n) is 7.27. The molecule has 0 aliphatic carbocycles. The molecule has 2 amide bonds. The number of carbonyl (C=O) groups is 4. The number of rotatable bonds is 13. The zero-order valence-corrected chi connectivity index (χ0v) is 22.5. The number of benzene rings is 2. The third-order valence-corrected chi connectivity index (χ3v) is 7.91. The molecule has 2 aliphatic heterocycles. The average Bonchev–Trinajstić information content (AvgIpc) is 3.59. The van der Waals surface area contributed by atoms with Crippen LogP contribution in [-0.4, -0.2) is 88.4 Å². The van der Waals surface area contributed by atoms with E-state index in [-0.39, 0.29) is 18.2 Å². The number of hydrogen-bond acceptors (Lipinski definition) is 7. The zero-order valence-electron chi connectivity index (χ0n) is 21.7. The molecule has 204 valence electrons. The van der Waals surface area contributed by atoms with Crippen LogP contribution in [0, 0.1) is 0 Å². The number of carbonyl (C=O) groups excluding carboxylic acids is 3. The van der Waals surface area contributed by atoms with Gasteiger partial charge in [-0.05, 0) is 54.0 Å². The Labute approximate surface area is 227 Å². The van der Waals surface area contributed by atoms with Gasteiger partial charge in [0.05, 0.1) is 12.6 Å². The Kier molecular flexibility index (Phi) is 9.76. The van der Waals surface area contributed by atoms with Crippen LogP contribution in [0.3, 0.4) is 0 Å².